The summed E-state index contributed by atoms with van der Waals surface area (Å²) < 4.78 is 115. The van der Waals surface area contributed by atoms with Gasteiger partial charge in [0.15, 0.2) is 46.5 Å². The predicted molar refractivity (Wildman–Crippen MR) is 146 cm³/mol. The molecule has 0 aliphatic rings. The topological polar surface area (TPSA) is 0 Å². The third kappa shape index (κ3) is 6.08. The Kier molecular flexibility index (Phi) is 8.73. The van der Waals surface area contributed by atoms with Crippen molar-refractivity contribution in [2.45, 2.75) is 38.9 Å². The summed E-state index contributed by atoms with van der Waals surface area (Å²) in [7, 11) is -1.62. The van der Waals surface area contributed by atoms with Crippen LogP contribution < -0.4 is 0 Å². The zero-order chi connectivity index (χ0) is 30.1. The van der Waals surface area contributed by atoms with Gasteiger partial charge in [-0.3, -0.25) is 0 Å². The second-order valence-corrected chi connectivity index (χ2v) is 14.8. The highest BCUT2D eigenvalue weighted by Gasteiger charge is 2.32. The molecule has 0 nitrogen and oxygen atoms in total. The average Bonchev–Trinajstić information content (AvgIpc) is 2.95. The maximum Gasteiger partial charge on any atom is 0.170 e. The summed E-state index contributed by atoms with van der Waals surface area (Å²) >= 11 is 0. The van der Waals surface area contributed by atoms with Crippen molar-refractivity contribution in [1.29, 1.82) is 0 Å². The molecular formula is C32H24F8Si. The van der Waals surface area contributed by atoms with Gasteiger partial charge in [-0.25, -0.2) is 35.1 Å². The van der Waals surface area contributed by atoms with E-state index in [-0.39, 0.29) is 11.6 Å². The zero-order valence-corrected chi connectivity index (χ0v) is 23.3. The van der Waals surface area contributed by atoms with Crippen molar-refractivity contribution < 1.29 is 35.1 Å². The van der Waals surface area contributed by atoms with Gasteiger partial charge in [0.2, 0.25) is 0 Å². The summed E-state index contributed by atoms with van der Waals surface area (Å²) in [6.45, 7) is 6.59. The Hall–Kier alpha value is -3.90. The first-order chi connectivity index (χ1) is 19.4. The van der Waals surface area contributed by atoms with E-state index in [1.54, 1.807) is 0 Å². The van der Waals surface area contributed by atoms with E-state index in [2.05, 4.69) is 31.5 Å². The fourth-order valence-corrected chi connectivity index (χ4v) is 6.24. The molecule has 0 bridgehead atoms. The van der Waals surface area contributed by atoms with Crippen LogP contribution in [-0.4, -0.2) is 8.07 Å². The Bertz CT molecular complexity index is 1610. The van der Waals surface area contributed by atoms with Crippen LogP contribution in [0.1, 0.15) is 25.3 Å². The van der Waals surface area contributed by atoms with E-state index in [4.69, 9.17) is 0 Å². The smallest absolute Gasteiger partial charge is 0.170 e. The van der Waals surface area contributed by atoms with Gasteiger partial charge in [-0.1, -0.05) is 75.2 Å². The van der Waals surface area contributed by atoms with Crippen LogP contribution in [0.3, 0.4) is 0 Å². The standard InChI is InChI=1S/C32H24F8Si/c1-4-5-15-41(2,3)16-14-18-6-8-19(9-7-18)20-10-12-21(13-11-20)24-29(37)31(39)26(32(40)30(24)38)25-27(35)22(33)17-23(34)28(25)36/h6-13,17H,4-5,15H2,1-3H3. The summed E-state index contributed by atoms with van der Waals surface area (Å²) in [4.78, 5) is 0. The number of hydrogen-bond donors (Lipinski definition) is 0. The largest absolute Gasteiger partial charge is 0.204 e. The first-order valence-corrected chi connectivity index (χ1v) is 16.0. The van der Waals surface area contributed by atoms with Crippen molar-refractivity contribution in [2.24, 2.45) is 0 Å². The summed E-state index contributed by atoms with van der Waals surface area (Å²) in [6.07, 6.45) is 2.26. The van der Waals surface area contributed by atoms with Gasteiger partial charge in [0.25, 0.3) is 0 Å². The number of rotatable bonds is 6. The summed E-state index contributed by atoms with van der Waals surface area (Å²) in [6, 6.07) is 13.6. The van der Waals surface area contributed by atoms with Gasteiger partial charge in [-0.15, -0.1) is 5.54 Å². The van der Waals surface area contributed by atoms with Crippen molar-refractivity contribution in [3.05, 3.63) is 107 Å². The third-order valence-electron chi connectivity index (χ3n) is 6.72. The van der Waals surface area contributed by atoms with Crippen LogP contribution in [0.25, 0.3) is 33.4 Å². The van der Waals surface area contributed by atoms with Gasteiger partial charge in [-0.05, 0) is 34.9 Å². The molecular weight excluding hydrogens is 564 g/mol. The Morgan fingerprint density at radius 3 is 1.46 bits per heavy atom. The van der Waals surface area contributed by atoms with Gasteiger partial charge >= 0.3 is 0 Å². The molecule has 0 amide bonds. The van der Waals surface area contributed by atoms with Gasteiger partial charge in [0.1, 0.15) is 8.07 Å². The maximum atomic E-state index is 15.0. The van der Waals surface area contributed by atoms with E-state index in [9.17, 15) is 26.3 Å². The lowest BCUT2D eigenvalue weighted by molar-refractivity contribution is 0.443. The highest BCUT2D eigenvalue weighted by Crippen LogP contribution is 2.40. The molecule has 0 unspecified atom stereocenters. The molecule has 0 N–H and O–H groups in total. The predicted octanol–water partition coefficient (Wildman–Crippen LogP) is 10.2. The van der Waals surface area contributed by atoms with Gasteiger partial charge in [0, 0.05) is 11.6 Å². The van der Waals surface area contributed by atoms with Crippen molar-refractivity contribution in [3.8, 4) is 44.8 Å². The first kappa shape index (κ1) is 30.1. The molecule has 0 aromatic heterocycles. The highest BCUT2D eigenvalue weighted by atomic mass is 28.3. The summed E-state index contributed by atoms with van der Waals surface area (Å²) in [5, 5.41) is 0. The fraction of sp³-hybridized carbons (Fsp3) is 0.188. The van der Waals surface area contributed by atoms with E-state index in [1.165, 1.54) is 24.3 Å². The molecule has 4 aromatic carbocycles. The molecule has 212 valence electrons. The van der Waals surface area contributed by atoms with Crippen LogP contribution in [0.4, 0.5) is 35.1 Å². The number of halogens is 8. The Labute approximate surface area is 233 Å². The molecule has 4 rings (SSSR count). The Morgan fingerprint density at radius 1 is 0.561 bits per heavy atom. The Morgan fingerprint density at radius 2 is 0.976 bits per heavy atom. The van der Waals surface area contributed by atoms with Crippen LogP contribution in [0.2, 0.25) is 19.1 Å². The Balaban J connectivity index is 1.67. The van der Waals surface area contributed by atoms with Gasteiger partial charge in [0.05, 0.1) is 16.7 Å². The van der Waals surface area contributed by atoms with Crippen LogP contribution in [-0.2, 0) is 0 Å². The maximum absolute atomic E-state index is 15.0. The average molecular weight is 589 g/mol. The van der Waals surface area contributed by atoms with Crippen LogP contribution in [0.15, 0.2) is 54.6 Å². The minimum atomic E-state index is -2.21. The van der Waals surface area contributed by atoms with E-state index in [1.807, 2.05) is 24.3 Å². The van der Waals surface area contributed by atoms with Crippen molar-refractivity contribution in [1.82, 2.24) is 0 Å². The number of benzene rings is 4. The van der Waals surface area contributed by atoms with E-state index in [0.717, 1.165) is 30.0 Å². The minimum Gasteiger partial charge on any atom is -0.204 e. The van der Waals surface area contributed by atoms with E-state index < -0.39 is 71.3 Å². The van der Waals surface area contributed by atoms with Crippen molar-refractivity contribution in [3.63, 3.8) is 0 Å². The SMILES string of the molecule is CCCC[Si](C)(C)C#Cc1ccc(-c2ccc(-c3c(F)c(F)c(-c4c(F)c(F)cc(F)c4F)c(F)c3F)cc2)cc1. The molecule has 41 heavy (non-hydrogen) atoms. The molecule has 0 atom stereocenters. The second-order valence-electron chi connectivity index (χ2n) is 10.2. The third-order valence-corrected chi connectivity index (χ3v) is 9.12. The molecule has 0 aliphatic carbocycles. The van der Waals surface area contributed by atoms with Crippen LogP contribution in [0.5, 0.6) is 0 Å². The lowest BCUT2D eigenvalue weighted by atomic mass is 9.95. The van der Waals surface area contributed by atoms with E-state index >= 15 is 8.78 Å². The zero-order valence-electron chi connectivity index (χ0n) is 22.3. The lowest BCUT2D eigenvalue weighted by Crippen LogP contribution is -2.22. The van der Waals surface area contributed by atoms with Crippen molar-refractivity contribution >= 4 is 8.07 Å². The molecule has 9 heteroatoms. The number of unbranched alkanes of at least 4 members (excludes halogenated alkanes) is 1. The van der Waals surface area contributed by atoms with Crippen LogP contribution >= 0.6 is 0 Å². The normalized spacial score (nSPS) is 11.4. The van der Waals surface area contributed by atoms with Gasteiger partial charge < -0.3 is 0 Å². The molecule has 0 radical (unpaired) electrons. The van der Waals surface area contributed by atoms with Crippen molar-refractivity contribution in [2.75, 3.05) is 0 Å². The fourth-order valence-electron chi connectivity index (χ4n) is 4.40. The molecule has 0 fully saturated rings. The lowest BCUT2D eigenvalue weighted by Gasteiger charge is -2.14. The van der Waals surface area contributed by atoms with Gasteiger partial charge in [-0.2, -0.15) is 0 Å². The molecule has 0 heterocycles. The summed E-state index contributed by atoms with van der Waals surface area (Å²) in [5.41, 5.74) is 0.423. The van der Waals surface area contributed by atoms with E-state index in [0.29, 0.717) is 5.56 Å². The molecule has 4 aromatic rings. The number of hydrogen-bond acceptors (Lipinski definition) is 0. The monoisotopic (exact) mass is 588 g/mol. The van der Waals surface area contributed by atoms with Crippen LogP contribution in [0, 0.1) is 58.0 Å². The molecule has 0 spiro atoms. The summed E-state index contributed by atoms with van der Waals surface area (Å²) in [5.74, 6) is -13.5. The first-order valence-electron chi connectivity index (χ1n) is 12.8. The highest BCUT2D eigenvalue weighted by molar-refractivity contribution is 6.85. The molecule has 0 saturated heterocycles. The second kappa shape index (κ2) is 11.9. The molecule has 0 aliphatic heterocycles. The quantitative estimate of drug-likeness (QED) is 0.0910. The minimum absolute atomic E-state index is 0.190. The molecule has 0 saturated carbocycles.